The number of pyridine rings is 1. The van der Waals surface area contributed by atoms with Gasteiger partial charge in [0.25, 0.3) is 0 Å². The molecule has 2 bridgehead atoms. The van der Waals surface area contributed by atoms with Crippen molar-refractivity contribution in [1.29, 1.82) is 5.26 Å². The van der Waals surface area contributed by atoms with Gasteiger partial charge in [-0.25, -0.2) is 14.8 Å². The molecule has 0 aromatic carbocycles. The van der Waals surface area contributed by atoms with Crippen LogP contribution in [0.15, 0.2) is 30.9 Å². The first kappa shape index (κ1) is 21.6. The number of fused-ring (bicyclic) bond motifs is 2. The van der Waals surface area contributed by atoms with Gasteiger partial charge in [0.2, 0.25) is 5.95 Å². The van der Waals surface area contributed by atoms with Crippen molar-refractivity contribution in [2.45, 2.75) is 37.7 Å². The Morgan fingerprint density at radius 3 is 2.50 bits per heavy atom. The first-order chi connectivity index (χ1) is 15.3. The van der Waals surface area contributed by atoms with Gasteiger partial charge in [-0.05, 0) is 18.9 Å². The van der Waals surface area contributed by atoms with E-state index in [0.29, 0.717) is 48.8 Å². The first-order valence-electron chi connectivity index (χ1n) is 9.88. The van der Waals surface area contributed by atoms with Gasteiger partial charge >= 0.3 is 12.3 Å². The number of hydrogen-bond acceptors (Lipinski definition) is 8. The Kier molecular flexibility index (Phi) is 5.98. The molecule has 1 amide bonds. The van der Waals surface area contributed by atoms with Gasteiger partial charge in [0, 0.05) is 31.0 Å². The minimum atomic E-state index is -4.55. The molecule has 2 aromatic heterocycles. The van der Waals surface area contributed by atoms with Crippen LogP contribution in [0.5, 0.6) is 5.75 Å². The molecule has 0 aliphatic carbocycles. The third-order valence-corrected chi connectivity index (χ3v) is 5.38. The lowest BCUT2D eigenvalue weighted by molar-refractivity contribution is -0.163. The van der Waals surface area contributed by atoms with Crippen LogP contribution in [0.2, 0.25) is 0 Å². The van der Waals surface area contributed by atoms with E-state index in [-0.39, 0.29) is 18.7 Å². The van der Waals surface area contributed by atoms with Crippen molar-refractivity contribution in [3.05, 3.63) is 42.0 Å². The maximum Gasteiger partial charge on any atom is 0.422 e. The largest absolute Gasteiger partial charge is 0.486 e. The molecule has 168 valence electrons. The van der Waals surface area contributed by atoms with E-state index in [2.05, 4.69) is 25.8 Å². The number of aromatic nitrogens is 3. The van der Waals surface area contributed by atoms with E-state index in [1.54, 1.807) is 12.3 Å². The summed E-state index contributed by atoms with van der Waals surface area (Å²) >= 11 is 0. The van der Waals surface area contributed by atoms with Crippen LogP contribution in [0, 0.1) is 11.3 Å². The number of anilines is 1. The lowest BCUT2D eigenvalue weighted by Gasteiger charge is -2.40. The number of piperazine rings is 1. The molecular formula is C20H19F3N6O3. The highest BCUT2D eigenvalue weighted by molar-refractivity contribution is 5.69. The van der Waals surface area contributed by atoms with E-state index in [0.717, 1.165) is 0 Å². The Morgan fingerprint density at radius 1 is 1.19 bits per heavy atom. The van der Waals surface area contributed by atoms with Gasteiger partial charge in [0.05, 0.1) is 30.0 Å². The van der Waals surface area contributed by atoms with Crippen LogP contribution >= 0.6 is 0 Å². The van der Waals surface area contributed by atoms with E-state index in [1.165, 1.54) is 23.5 Å². The number of rotatable bonds is 5. The zero-order valence-corrected chi connectivity index (χ0v) is 16.8. The average Bonchev–Trinajstić information content (AvgIpc) is 3.05. The maximum absolute atomic E-state index is 12.4. The van der Waals surface area contributed by atoms with Crippen LogP contribution in [-0.2, 0) is 11.3 Å². The molecule has 2 aromatic rings. The van der Waals surface area contributed by atoms with Crippen molar-refractivity contribution < 1.29 is 27.4 Å². The number of nitriles is 1. The molecule has 0 saturated carbocycles. The molecule has 0 N–H and O–H groups in total. The van der Waals surface area contributed by atoms with Gasteiger partial charge in [-0.1, -0.05) is 0 Å². The number of alkyl halides is 3. The van der Waals surface area contributed by atoms with Crippen LogP contribution < -0.4 is 9.64 Å². The van der Waals surface area contributed by atoms with Crippen LogP contribution in [-0.4, -0.2) is 63.9 Å². The third kappa shape index (κ3) is 4.82. The Bertz CT molecular complexity index is 997. The number of ether oxygens (including phenoxy) is 2. The number of halogens is 3. The summed E-state index contributed by atoms with van der Waals surface area (Å²) in [4.78, 5) is 28.0. The Morgan fingerprint density at radius 2 is 1.88 bits per heavy atom. The molecule has 0 unspecified atom stereocenters. The zero-order valence-electron chi connectivity index (χ0n) is 16.8. The summed E-state index contributed by atoms with van der Waals surface area (Å²) in [6, 6.07) is 3.23. The van der Waals surface area contributed by atoms with Gasteiger partial charge < -0.3 is 14.4 Å². The molecule has 4 rings (SSSR count). The molecule has 2 fully saturated rings. The highest BCUT2D eigenvalue weighted by Gasteiger charge is 2.45. The summed E-state index contributed by atoms with van der Waals surface area (Å²) in [6.07, 6.45) is 1.93. The van der Waals surface area contributed by atoms with Crippen molar-refractivity contribution in [3.63, 3.8) is 0 Å². The molecule has 9 nitrogen and oxygen atoms in total. The zero-order chi connectivity index (χ0) is 22.7. The predicted octanol–water partition coefficient (Wildman–Crippen LogP) is 2.67. The van der Waals surface area contributed by atoms with Gasteiger partial charge in [-0.2, -0.15) is 18.4 Å². The summed E-state index contributed by atoms with van der Waals surface area (Å²) in [5.74, 6) is 0.867. The molecule has 4 heterocycles. The SMILES string of the molecule is N#Cc1cnccc1COc1cnc(N2C[C@H]3CC[C@@H](C2)N3C(=O)OCC(F)(F)F)nc1. The number of carbonyl (C=O) groups is 1. The molecule has 12 heteroatoms. The highest BCUT2D eigenvalue weighted by Crippen LogP contribution is 2.32. The molecule has 2 atom stereocenters. The maximum atomic E-state index is 12.4. The van der Waals surface area contributed by atoms with E-state index < -0.39 is 18.9 Å². The van der Waals surface area contributed by atoms with Crippen LogP contribution in [0.25, 0.3) is 0 Å². The second kappa shape index (κ2) is 8.86. The average molecular weight is 448 g/mol. The Hall–Kier alpha value is -3.62. The first-order valence-corrected chi connectivity index (χ1v) is 9.88. The quantitative estimate of drug-likeness (QED) is 0.688. The molecule has 0 spiro atoms. The van der Waals surface area contributed by atoms with E-state index in [1.807, 2.05) is 4.90 Å². The summed E-state index contributed by atoms with van der Waals surface area (Å²) in [5, 5.41) is 9.10. The van der Waals surface area contributed by atoms with Crippen molar-refractivity contribution in [2.75, 3.05) is 24.6 Å². The molecule has 0 radical (unpaired) electrons. The molecule has 2 saturated heterocycles. The number of carbonyl (C=O) groups excluding carboxylic acids is 1. The molecule has 2 aliphatic rings. The number of nitrogens with zero attached hydrogens (tertiary/aromatic N) is 6. The number of hydrogen-bond donors (Lipinski definition) is 0. The Balaban J connectivity index is 1.35. The third-order valence-electron chi connectivity index (χ3n) is 5.38. The van der Waals surface area contributed by atoms with Crippen LogP contribution in [0.3, 0.4) is 0 Å². The fourth-order valence-corrected chi connectivity index (χ4v) is 3.94. The fraction of sp³-hybridized carbons (Fsp3) is 0.450. The smallest absolute Gasteiger partial charge is 0.422 e. The Labute approximate surface area is 181 Å². The van der Waals surface area contributed by atoms with Gasteiger partial charge in [0.15, 0.2) is 12.4 Å². The summed E-state index contributed by atoms with van der Waals surface area (Å²) in [5.41, 5.74) is 1.11. The summed E-state index contributed by atoms with van der Waals surface area (Å²) in [6.45, 7) is -0.622. The molecular weight excluding hydrogens is 429 g/mol. The predicted molar refractivity (Wildman–Crippen MR) is 104 cm³/mol. The van der Waals surface area contributed by atoms with Gasteiger partial charge in [-0.15, -0.1) is 0 Å². The van der Waals surface area contributed by atoms with Crippen LogP contribution in [0.1, 0.15) is 24.0 Å². The monoisotopic (exact) mass is 448 g/mol. The second-order valence-corrected chi connectivity index (χ2v) is 7.52. The van der Waals surface area contributed by atoms with Gasteiger partial charge in [-0.3, -0.25) is 9.88 Å². The normalized spacial score (nSPS) is 20.1. The van der Waals surface area contributed by atoms with E-state index >= 15 is 0 Å². The van der Waals surface area contributed by atoms with Crippen molar-refractivity contribution in [2.24, 2.45) is 0 Å². The standard InChI is InChI=1S/C20H19F3N6O3/c21-20(22,23)12-32-19(30)29-15-1-2-16(29)10-28(9-15)18-26-7-17(8-27-18)31-11-13-3-4-25-6-14(13)5-24/h3-4,6-8,15-16H,1-2,9-12H2/t15-,16+. The topological polar surface area (TPSA) is 104 Å². The van der Waals surface area contributed by atoms with Crippen molar-refractivity contribution in [3.8, 4) is 11.8 Å². The second-order valence-electron chi connectivity index (χ2n) is 7.52. The molecule has 2 aliphatic heterocycles. The lowest BCUT2D eigenvalue weighted by Crippen LogP contribution is -2.56. The lowest BCUT2D eigenvalue weighted by atomic mass is 10.2. The summed E-state index contributed by atoms with van der Waals surface area (Å²) < 4.78 is 47.1. The highest BCUT2D eigenvalue weighted by atomic mass is 19.4. The van der Waals surface area contributed by atoms with Crippen LogP contribution in [0.4, 0.5) is 23.9 Å². The summed E-state index contributed by atoms with van der Waals surface area (Å²) in [7, 11) is 0. The van der Waals surface area contributed by atoms with E-state index in [9.17, 15) is 18.0 Å². The van der Waals surface area contributed by atoms with Crippen molar-refractivity contribution >= 4 is 12.0 Å². The van der Waals surface area contributed by atoms with Gasteiger partial charge in [0.1, 0.15) is 12.7 Å². The number of amides is 1. The fourth-order valence-electron chi connectivity index (χ4n) is 3.94. The molecule has 32 heavy (non-hydrogen) atoms. The van der Waals surface area contributed by atoms with E-state index in [4.69, 9.17) is 10.00 Å². The van der Waals surface area contributed by atoms with Crippen molar-refractivity contribution in [1.82, 2.24) is 19.9 Å². The minimum absolute atomic E-state index is 0.164. The minimum Gasteiger partial charge on any atom is -0.486 e.